The van der Waals surface area contributed by atoms with E-state index in [2.05, 4.69) is 38.0 Å². The van der Waals surface area contributed by atoms with Crippen molar-refractivity contribution in [2.75, 3.05) is 47.8 Å². The van der Waals surface area contributed by atoms with Crippen LogP contribution >= 0.6 is 0 Å². The molecule has 2 aromatic rings. The Hall–Kier alpha value is -3.20. The highest BCUT2D eigenvalue weighted by Gasteiger charge is 2.60. The number of nitrogens with one attached hydrogen (secondary N) is 3. The molecule has 4 aliphatic rings. The largest absolute Gasteiger partial charge is 0.369 e. The summed E-state index contributed by atoms with van der Waals surface area (Å²) in [6, 6.07) is 8.37. The first-order valence-corrected chi connectivity index (χ1v) is 12.0. The quantitative estimate of drug-likeness (QED) is 0.613. The first kappa shape index (κ1) is 20.4. The van der Waals surface area contributed by atoms with Crippen molar-refractivity contribution in [1.82, 2.24) is 20.6 Å². The van der Waals surface area contributed by atoms with E-state index in [1.807, 2.05) is 12.1 Å². The fraction of sp³-hybridized carbons (Fsp3) is 0.500. The fourth-order valence-corrected chi connectivity index (χ4v) is 5.73. The SMILES string of the molecule is O=C1NCCC12C(=O)N(C1CCCC1)c1nc(Nc3ccc(N4CCNCC4)cc3)ncc12. The van der Waals surface area contributed by atoms with E-state index in [4.69, 9.17) is 4.98 Å². The monoisotopic (exact) mass is 447 g/mol. The molecule has 1 unspecified atom stereocenters. The van der Waals surface area contributed by atoms with Gasteiger partial charge < -0.3 is 20.9 Å². The van der Waals surface area contributed by atoms with Crippen molar-refractivity contribution in [2.45, 2.75) is 43.6 Å². The number of rotatable bonds is 4. The summed E-state index contributed by atoms with van der Waals surface area (Å²) in [4.78, 5) is 39.9. The summed E-state index contributed by atoms with van der Waals surface area (Å²) < 4.78 is 0. The van der Waals surface area contributed by atoms with E-state index in [9.17, 15) is 9.59 Å². The highest BCUT2D eigenvalue weighted by atomic mass is 16.2. The summed E-state index contributed by atoms with van der Waals surface area (Å²) in [5.74, 6) is 0.682. The number of carbonyl (C=O) groups excluding carboxylic acids is 2. The molecule has 1 spiro atoms. The number of nitrogens with zero attached hydrogens (tertiary/aromatic N) is 4. The van der Waals surface area contributed by atoms with Gasteiger partial charge in [-0.15, -0.1) is 0 Å². The Balaban J connectivity index is 1.30. The van der Waals surface area contributed by atoms with E-state index in [1.165, 1.54) is 5.69 Å². The Bertz CT molecular complexity index is 1080. The number of hydrogen-bond acceptors (Lipinski definition) is 7. The molecule has 1 atom stereocenters. The molecular weight excluding hydrogens is 418 g/mol. The molecule has 0 radical (unpaired) electrons. The third-order valence-electron chi connectivity index (χ3n) is 7.51. The lowest BCUT2D eigenvalue weighted by Crippen LogP contribution is -2.48. The van der Waals surface area contributed by atoms with E-state index in [0.29, 0.717) is 30.3 Å². The van der Waals surface area contributed by atoms with Crippen molar-refractivity contribution in [1.29, 1.82) is 0 Å². The van der Waals surface area contributed by atoms with Gasteiger partial charge in [0.05, 0.1) is 0 Å². The minimum atomic E-state index is -1.17. The second-order valence-corrected chi connectivity index (χ2v) is 9.36. The second kappa shape index (κ2) is 7.98. The van der Waals surface area contributed by atoms with Crippen LogP contribution < -0.4 is 25.8 Å². The molecule has 2 saturated heterocycles. The minimum absolute atomic E-state index is 0.102. The Labute approximate surface area is 193 Å². The molecule has 3 fully saturated rings. The van der Waals surface area contributed by atoms with Gasteiger partial charge in [-0.1, -0.05) is 12.8 Å². The van der Waals surface area contributed by atoms with Crippen LogP contribution in [0, 0.1) is 0 Å². The van der Waals surface area contributed by atoms with Gasteiger partial charge in [0.15, 0.2) is 5.41 Å². The fourth-order valence-electron chi connectivity index (χ4n) is 5.73. The van der Waals surface area contributed by atoms with Crippen molar-refractivity contribution < 1.29 is 9.59 Å². The molecule has 1 aromatic heterocycles. The normalized spacial score (nSPS) is 25.1. The summed E-state index contributed by atoms with van der Waals surface area (Å²) >= 11 is 0. The number of carbonyl (C=O) groups is 2. The Morgan fingerprint density at radius 1 is 1.03 bits per heavy atom. The molecule has 9 nitrogen and oxygen atoms in total. The summed E-state index contributed by atoms with van der Waals surface area (Å²) in [6.07, 6.45) is 6.23. The number of piperazine rings is 1. The third kappa shape index (κ3) is 3.25. The zero-order valence-corrected chi connectivity index (χ0v) is 18.6. The number of hydrogen-bond donors (Lipinski definition) is 3. The first-order chi connectivity index (χ1) is 16.2. The van der Waals surface area contributed by atoms with Crippen LogP contribution in [0.5, 0.6) is 0 Å². The van der Waals surface area contributed by atoms with Gasteiger partial charge in [-0.25, -0.2) is 4.98 Å². The molecule has 1 aromatic carbocycles. The van der Waals surface area contributed by atoms with Gasteiger partial charge in [0.1, 0.15) is 5.82 Å². The number of aromatic nitrogens is 2. The molecule has 33 heavy (non-hydrogen) atoms. The number of anilines is 4. The predicted molar refractivity (Wildman–Crippen MR) is 126 cm³/mol. The maximum Gasteiger partial charge on any atom is 0.248 e. The highest BCUT2D eigenvalue weighted by Crippen LogP contribution is 2.47. The Kier molecular flexibility index (Phi) is 4.94. The third-order valence-corrected chi connectivity index (χ3v) is 7.51. The summed E-state index contributed by atoms with van der Waals surface area (Å²) in [5, 5.41) is 9.52. The molecule has 1 saturated carbocycles. The van der Waals surface area contributed by atoms with Crippen LogP contribution in [0.1, 0.15) is 37.7 Å². The van der Waals surface area contributed by atoms with Gasteiger partial charge in [-0.2, -0.15) is 4.98 Å². The van der Waals surface area contributed by atoms with Crippen molar-refractivity contribution in [2.24, 2.45) is 0 Å². The van der Waals surface area contributed by atoms with Crippen molar-refractivity contribution >= 4 is 35.0 Å². The van der Waals surface area contributed by atoms with Crippen LogP contribution in [0.4, 0.5) is 23.1 Å². The Morgan fingerprint density at radius 3 is 2.48 bits per heavy atom. The zero-order chi connectivity index (χ0) is 22.4. The lowest BCUT2D eigenvalue weighted by molar-refractivity contribution is -0.133. The van der Waals surface area contributed by atoms with E-state index in [1.54, 1.807) is 11.1 Å². The average Bonchev–Trinajstić information content (AvgIpc) is 3.56. The van der Waals surface area contributed by atoms with Crippen LogP contribution in [0.15, 0.2) is 30.5 Å². The highest BCUT2D eigenvalue weighted by molar-refractivity contribution is 6.22. The summed E-state index contributed by atoms with van der Waals surface area (Å²) in [7, 11) is 0. The Morgan fingerprint density at radius 2 is 1.79 bits per heavy atom. The van der Waals surface area contributed by atoms with E-state index < -0.39 is 5.41 Å². The number of benzene rings is 1. The van der Waals surface area contributed by atoms with Crippen molar-refractivity contribution in [3.8, 4) is 0 Å². The van der Waals surface area contributed by atoms with Gasteiger partial charge in [0.25, 0.3) is 0 Å². The average molecular weight is 448 g/mol. The summed E-state index contributed by atoms with van der Waals surface area (Å²) in [5.41, 5.74) is 1.57. The van der Waals surface area contributed by atoms with E-state index in [-0.39, 0.29) is 17.9 Å². The molecule has 1 aliphatic carbocycles. The lowest BCUT2D eigenvalue weighted by Gasteiger charge is -2.29. The first-order valence-electron chi connectivity index (χ1n) is 12.0. The van der Waals surface area contributed by atoms with Crippen LogP contribution in [0.3, 0.4) is 0 Å². The van der Waals surface area contributed by atoms with Crippen LogP contribution in [0.25, 0.3) is 0 Å². The molecule has 4 heterocycles. The van der Waals surface area contributed by atoms with E-state index >= 15 is 0 Å². The van der Waals surface area contributed by atoms with Crippen LogP contribution in [0.2, 0.25) is 0 Å². The van der Waals surface area contributed by atoms with Gasteiger partial charge in [-0.3, -0.25) is 14.5 Å². The smallest absolute Gasteiger partial charge is 0.248 e. The molecule has 3 N–H and O–H groups in total. The molecule has 3 aliphatic heterocycles. The molecule has 172 valence electrons. The summed E-state index contributed by atoms with van der Waals surface area (Å²) in [6.45, 7) is 4.50. The molecular formula is C24H29N7O2. The topological polar surface area (TPSA) is 102 Å². The van der Waals surface area contributed by atoms with Crippen LogP contribution in [-0.4, -0.2) is 60.5 Å². The van der Waals surface area contributed by atoms with Gasteiger partial charge in [0, 0.05) is 61.9 Å². The number of fused-ring (bicyclic) bond motifs is 2. The molecule has 9 heteroatoms. The molecule has 0 bridgehead atoms. The lowest BCUT2D eigenvalue weighted by atomic mass is 9.81. The van der Waals surface area contributed by atoms with Gasteiger partial charge >= 0.3 is 0 Å². The molecule has 2 amide bonds. The molecule has 6 rings (SSSR count). The standard InChI is InChI=1S/C24H29N7O2/c32-21-24(9-10-26-21)19-15-27-23(29-20(19)31(22(24)33)18-3-1-2-4-18)28-16-5-7-17(8-6-16)30-13-11-25-12-14-30/h5-8,15,18,25H,1-4,9-14H2,(H,26,32)(H,27,28,29). The number of amides is 2. The van der Waals surface area contributed by atoms with Gasteiger partial charge in [0.2, 0.25) is 17.8 Å². The van der Waals surface area contributed by atoms with Crippen LogP contribution in [-0.2, 0) is 15.0 Å². The van der Waals surface area contributed by atoms with Gasteiger partial charge in [-0.05, 0) is 43.5 Å². The zero-order valence-electron chi connectivity index (χ0n) is 18.6. The minimum Gasteiger partial charge on any atom is -0.369 e. The maximum atomic E-state index is 13.6. The maximum absolute atomic E-state index is 13.6. The van der Waals surface area contributed by atoms with Crippen molar-refractivity contribution in [3.63, 3.8) is 0 Å². The second-order valence-electron chi connectivity index (χ2n) is 9.36. The van der Waals surface area contributed by atoms with E-state index in [0.717, 1.165) is 57.5 Å². The van der Waals surface area contributed by atoms with Crippen molar-refractivity contribution in [3.05, 3.63) is 36.0 Å². The predicted octanol–water partition coefficient (Wildman–Crippen LogP) is 1.68.